The van der Waals surface area contributed by atoms with Gasteiger partial charge >= 0.3 is 0 Å². The van der Waals surface area contributed by atoms with Gasteiger partial charge in [0, 0.05) is 42.7 Å². The molecule has 148 valence electrons. The second kappa shape index (κ2) is 7.60. The van der Waals surface area contributed by atoms with Crippen LogP contribution < -0.4 is 10.1 Å². The molecule has 1 atom stereocenters. The monoisotopic (exact) mass is 402 g/mol. The van der Waals surface area contributed by atoms with Crippen molar-refractivity contribution in [3.05, 3.63) is 46.2 Å². The van der Waals surface area contributed by atoms with Crippen LogP contribution in [0, 0.1) is 0 Å². The topological polar surface area (TPSA) is 80.8 Å². The summed E-state index contributed by atoms with van der Waals surface area (Å²) in [6.07, 6.45) is 2.74. The van der Waals surface area contributed by atoms with Crippen LogP contribution in [0.25, 0.3) is 11.6 Å². The van der Waals surface area contributed by atoms with E-state index in [9.17, 15) is 9.90 Å². The summed E-state index contributed by atoms with van der Waals surface area (Å²) in [5.41, 5.74) is 3.30. The molecule has 1 aromatic heterocycles. The number of carbonyl (C=O) groups excluding carboxylic acids is 1. The van der Waals surface area contributed by atoms with E-state index >= 15 is 0 Å². The predicted molar refractivity (Wildman–Crippen MR) is 109 cm³/mol. The van der Waals surface area contributed by atoms with Crippen molar-refractivity contribution in [3.63, 3.8) is 0 Å². The number of amides is 1. The molecular weight excluding hydrogens is 380 g/mol. The van der Waals surface area contributed by atoms with Gasteiger partial charge in [-0.15, -0.1) is 0 Å². The number of hydrogen-bond acceptors (Lipinski definition) is 5. The van der Waals surface area contributed by atoms with Crippen molar-refractivity contribution in [2.45, 2.75) is 6.23 Å². The molecule has 0 aliphatic carbocycles. The van der Waals surface area contributed by atoms with Crippen LogP contribution in [0.3, 0.4) is 0 Å². The SMILES string of the molecule is CN1CCOc2cc3c(cc2Cl)NC(=O)/C3=C\c2[nH]ccc2C(O)N(C)CC1. The Bertz CT molecular complexity index is 940. The molecule has 1 aromatic carbocycles. The highest BCUT2D eigenvalue weighted by molar-refractivity contribution is 6.37. The molecule has 0 spiro atoms. The minimum Gasteiger partial charge on any atom is -0.491 e. The highest BCUT2D eigenvalue weighted by Crippen LogP contribution is 2.40. The Hall–Kier alpha value is -2.32. The van der Waals surface area contributed by atoms with Gasteiger partial charge in [-0.1, -0.05) is 11.6 Å². The van der Waals surface area contributed by atoms with Crippen molar-refractivity contribution in [1.29, 1.82) is 0 Å². The van der Waals surface area contributed by atoms with Crippen LogP contribution in [0.4, 0.5) is 5.69 Å². The lowest BCUT2D eigenvalue weighted by atomic mass is 10.0. The Labute approximate surface area is 168 Å². The summed E-state index contributed by atoms with van der Waals surface area (Å²) in [7, 11) is 3.89. The first-order chi connectivity index (χ1) is 13.4. The second-order valence-electron chi connectivity index (χ2n) is 7.19. The normalized spacial score (nSPS) is 23.1. The fourth-order valence-corrected chi connectivity index (χ4v) is 3.66. The highest BCUT2D eigenvalue weighted by atomic mass is 35.5. The van der Waals surface area contributed by atoms with E-state index in [1.165, 1.54) is 0 Å². The molecule has 1 unspecified atom stereocenters. The number of aliphatic hydroxyl groups is 1. The number of ether oxygens (including phenoxy) is 1. The molecule has 2 aromatic rings. The Morgan fingerprint density at radius 3 is 2.89 bits per heavy atom. The molecule has 2 aliphatic rings. The molecule has 3 N–H and O–H groups in total. The van der Waals surface area contributed by atoms with Crippen molar-refractivity contribution in [1.82, 2.24) is 14.8 Å². The van der Waals surface area contributed by atoms with Crippen LogP contribution in [-0.2, 0) is 4.79 Å². The van der Waals surface area contributed by atoms with Crippen molar-refractivity contribution in [3.8, 4) is 5.75 Å². The molecule has 0 saturated heterocycles. The number of rotatable bonds is 0. The third kappa shape index (κ3) is 3.54. The average molecular weight is 403 g/mol. The molecule has 0 fully saturated rings. The van der Waals surface area contributed by atoms with E-state index in [0.29, 0.717) is 47.4 Å². The van der Waals surface area contributed by atoms with E-state index in [4.69, 9.17) is 16.3 Å². The molecule has 0 saturated carbocycles. The van der Waals surface area contributed by atoms with Gasteiger partial charge in [-0.2, -0.15) is 0 Å². The van der Waals surface area contributed by atoms with E-state index in [1.54, 1.807) is 24.4 Å². The number of likely N-dealkylation sites (N-methyl/N-ethyl adjacent to an activating group) is 2. The van der Waals surface area contributed by atoms with Gasteiger partial charge in [0.1, 0.15) is 18.6 Å². The van der Waals surface area contributed by atoms with Gasteiger partial charge < -0.3 is 25.0 Å². The van der Waals surface area contributed by atoms with Gasteiger partial charge in [0.2, 0.25) is 0 Å². The quantitative estimate of drug-likeness (QED) is 0.630. The van der Waals surface area contributed by atoms with Gasteiger partial charge in [-0.3, -0.25) is 9.69 Å². The van der Waals surface area contributed by atoms with E-state index in [1.807, 2.05) is 25.1 Å². The van der Waals surface area contributed by atoms with E-state index in [2.05, 4.69) is 15.2 Å². The van der Waals surface area contributed by atoms with Crippen LogP contribution in [0.15, 0.2) is 24.4 Å². The lowest BCUT2D eigenvalue weighted by Crippen LogP contribution is -2.35. The van der Waals surface area contributed by atoms with Gasteiger partial charge in [0.05, 0.1) is 16.3 Å². The fourth-order valence-electron chi connectivity index (χ4n) is 3.45. The van der Waals surface area contributed by atoms with Crippen LogP contribution in [0.5, 0.6) is 5.75 Å². The third-order valence-electron chi connectivity index (χ3n) is 5.22. The van der Waals surface area contributed by atoms with E-state index < -0.39 is 6.23 Å². The Morgan fingerprint density at radius 1 is 1.25 bits per heavy atom. The van der Waals surface area contributed by atoms with E-state index in [0.717, 1.165) is 17.7 Å². The van der Waals surface area contributed by atoms with Crippen LogP contribution in [0.2, 0.25) is 5.02 Å². The number of nitrogens with zero attached hydrogens (tertiary/aromatic N) is 2. The summed E-state index contributed by atoms with van der Waals surface area (Å²) in [6.45, 7) is 2.64. The molecule has 0 radical (unpaired) electrons. The first kappa shape index (κ1) is 19.0. The number of anilines is 1. The molecule has 2 aliphatic heterocycles. The maximum Gasteiger partial charge on any atom is 0.256 e. The summed E-state index contributed by atoms with van der Waals surface area (Å²) in [5.74, 6) is 0.339. The zero-order valence-electron chi connectivity index (χ0n) is 15.8. The molecular formula is C20H23ClN4O3. The number of hydrogen-bond donors (Lipinski definition) is 3. The number of benzene rings is 1. The fraction of sp³-hybridized carbons (Fsp3) is 0.350. The Morgan fingerprint density at radius 2 is 2.07 bits per heavy atom. The molecule has 2 bridgehead atoms. The summed E-state index contributed by atoms with van der Waals surface area (Å²) in [4.78, 5) is 19.7. The summed E-state index contributed by atoms with van der Waals surface area (Å²) in [5, 5.41) is 14.1. The molecule has 1 amide bonds. The minimum absolute atomic E-state index is 0.212. The van der Waals surface area contributed by atoms with Crippen LogP contribution in [0.1, 0.15) is 23.0 Å². The summed E-state index contributed by atoms with van der Waals surface area (Å²) >= 11 is 6.34. The minimum atomic E-state index is -0.780. The summed E-state index contributed by atoms with van der Waals surface area (Å²) in [6, 6.07) is 5.34. The van der Waals surface area contributed by atoms with Crippen LogP contribution in [-0.4, -0.2) is 66.1 Å². The molecule has 8 heteroatoms. The van der Waals surface area contributed by atoms with Crippen molar-refractivity contribution < 1.29 is 14.6 Å². The lowest BCUT2D eigenvalue weighted by molar-refractivity contribution is -0.110. The second-order valence-corrected chi connectivity index (χ2v) is 7.60. The maximum atomic E-state index is 12.6. The number of halogens is 1. The largest absolute Gasteiger partial charge is 0.491 e. The maximum absolute atomic E-state index is 12.6. The molecule has 3 heterocycles. The van der Waals surface area contributed by atoms with Crippen molar-refractivity contribution >= 4 is 34.8 Å². The highest BCUT2D eigenvalue weighted by Gasteiger charge is 2.27. The number of aliphatic hydroxyl groups excluding tert-OH is 1. The predicted octanol–water partition coefficient (Wildman–Crippen LogP) is 2.41. The lowest BCUT2D eigenvalue weighted by Gasteiger charge is -2.26. The summed E-state index contributed by atoms with van der Waals surface area (Å²) < 4.78 is 5.88. The van der Waals surface area contributed by atoms with Crippen LogP contribution >= 0.6 is 11.6 Å². The van der Waals surface area contributed by atoms with Crippen molar-refractivity contribution in [2.24, 2.45) is 0 Å². The Kier molecular flexibility index (Phi) is 5.16. The smallest absolute Gasteiger partial charge is 0.256 e. The Balaban J connectivity index is 1.81. The number of carbonyl (C=O) groups is 1. The molecule has 4 rings (SSSR count). The zero-order valence-corrected chi connectivity index (χ0v) is 16.6. The molecule has 28 heavy (non-hydrogen) atoms. The average Bonchev–Trinajstić information content (AvgIpc) is 3.23. The van der Waals surface area contributed by atoms with Crippen molar-refractivity contribution in [2.75, 3.05) is 45.7 Å². The van der Waals surface area contributed by atoms with E-state index in [-0.39, 0.29) is 5.91 Å². The first-order valence-corrected chi connectivity index (χ1v) is 9.55. The zero-order chi connectivity index (χ0) is 19.8. The third-order valence-corrected chi connectivity index (χ3v) is 5.51. The number of H-pyrrole nitrogens is 1. The van der Waals surface area contributed by atoms with Gasteiger partial charge in [-0.25, -0.2) is 0 Å². The molecule has 7 nitrogen and oxygen atoms in total. The van der Waals surface area contributed by atoms with Gasteiger partial charge in [-0.05, 0) is 38.4 Å². The number of aromatic nitrogens is 1. The number of nitrogens with one attached hydrogen (secondary N) is 2. The van der Waals surface area contributed by atoms with Gasteiger partial charge in [0.25, 0.3) is 5.91 Å². The first-order valence-electron chi connectivity index (χ1n) is 9.18. The standard InChI is InChI=1S/C20H23ClN4O3/c1-24-5-6-25(2)20(27)12-3-4-22-16(12)9-14-13-10-18(28-8-7-24)15(21)11-17(13)23-19(14)26/h3-4,9-11,20,22,27H,5-8H2,1-2H3,(H,23,26)/b14-9-. The number of fused-ring (bicyclic) bond motifs is 2. The number of aromatic amines is 1. The van der Waals surface area contributed by atoms with Gasteiger partial charge in [0.15, 0.2) is 0 Å².